The fourth-order valence-corrected chi connectivity index (χ4v) is 1.60. The van der Waals surface area contributed by atoms with Crippen molar-refractivity contribution in [1.29, 1.82) is 0 Å². The summed E-state index contributed by atoms with van der Waals surface area (Å²) in [4.78, 5) is 33.3. The van der Waals surface area contributed by atoms with Crippen LogP contribution < -0.4 is 5.32 Å². The Morgan fingerprint density at radius 2 is 2.00 bits per heavy atom. The molecular formula is C15H16N2O6. The third-order valence-corrected chi connectivity index (χ3v) is 2.70. The van der Waals surface area contributed by atoms with Crippen LogP contribution in [0.1, 0.15) is 18.9 Å². The van der Waals surface area contributed by atoms with Gasteiger partial charge in [-0.1, -0.05) is 0 Å². The molecule has 1 unspecified atom stereocenters. The number of carbonyl (C=O) groups is 2. The predicted octanol–water partition coefficient (Wildman–Crippen LogP) is 1.78. The van der Waals surface area contributed by atoms with Gasteiger partial charge in [-0.15, -0.1) is 12.3 Å². The van der Waals surface area contributed by atoms with E-state index >= 15 is 0 Å². The van der Waals surface area contributed by atoms with Crippen LogP contribution >= 0.6 is 0 Å². The lowest BCUT2D eigenvalue weighted by molar-refractivity contribution is -0.384. The Labute approximate surface area is 132 Å². The van der Waals surface area contributed by atoms with Crippen LogP contribution in [0.4, 0.5) is 10.5 Å². The highest BCUT2D eigenvalue weighted by Crippen LogP contribution is 2.12. The predicted molar refractivity (Wildman–Crippen MR) is 80.3 cm³/mol. The number of carbonyl (C=O) groups excluding carboxylic acids is 2. The maximum atomic E-state index is 11.7. The van der Waals surface area contributed by atoms with E-state index in [4.69, 9.17) is 15.9 Å². The molecule has 0 aromatic heterocycles. The Hall–Kier alpha value is -3.08. The Balaban J connectivity index is 2.53. The van der Waals surface area contributed by atoms with Crippen LogP contribution in [0.3, 0.4) is 0 Å². The number of benzene rings is 1. The van der Waals surface area contributed by atoms with Crippen LogP contribution in [0, 0.1) is 22.5 Å². The molecule has 0 fully saturated rings. The summed E-state index contributed by atoms with van der Waals surface area (Å²) in [5.41, 5.74) is 0.505. The number of nitro benzene ring substituents is 1. The summed E-state index contributed by atoms with van der Waals surface area (Å²) >= 11 is 0. The Kier molecular flexibility index (Phi) is 7.07. The second-order valence-corrected chi connectivity index (χ2v) is 4.36. The van der Waals surface area contributed by atoms with E-state index in [1.54, 1.807) is 6.92 Å². The molecular weight excluding hydrogens is 304 g/mol. The highest BCUT2D eigenvalue weighted by atomic mass is 16.6. The van der Waals surface area contributed by atoms with Gasteiger partial charge in [0, 0.05) is 18.6 Å². The number of terminal acetylenes is 1. The molecule has 1 aromatic rings. The highest BCUT2D eigenvalue weighted by Gasteiger charge is 2.21. The van der Waals surface area contributed by atoms with Gasteiger partial charge < -0.3 is 14.8 Å². The molecule has 0 spiro atoms. The summed E-state index contributed by atoms with van der Waals surface area (Å²) in [5, 5.41) is 12.8. The minimum absolute atomic E-state index is 0.0224. The van der Waals surface area contributed by atoms with Crippen LogP contribution in [0.15, 0.2) is 24.3 Å². The van der Waals surface area contributed by atoms with Crippen molar-refractivity contribution in [1.82, 2.24) is 5.32 Å². The second-order valence-electron chi connectivity index (χ2n) is 4.36. The molecule has 1 aromatic carbocycles. The normalized spacial score (nSPS) is 11.0. The van der Waals surface area contributed by atoms with Crippen molar-refractivity contribution in [3.8, 4) is 12.3 Å². The second kappa shape index (κ2) is 9.04. The van der Waals surface area contributed by atoms with Crippen molar-refractivity contribution in [2.45, 2.75) is 26.0 Å². The Morgan fingerprint density at radius 3 is 2.52 bits per heavy atom. The largest absolute Gasteiger partial charge is 0.464 e. The first kappa shape index (κ1) is 18.0. The van der Waals surface area contributed by atoms with Gasteiger partial charge in [0.1, 0.15) is 12.6 Å². The van der Waals surface area contributed by atoms with Gasteiger partial charge in [0.05, 0.1) is 11.5 Å². The quantitative estimate of drug-likeness (QED) is 0.355. The number of amides is 1. The molecule has 0 saturated heterocycles. The lowest BCUT2D eigenvalue weighted by atomic mass is 10.2. The number of alkyl carbamates (subject to hydrolysis) is 1. The van der Waals surface area contributed by atoms with Gasteiger partial charge in [0.25, 0.3) is 5.69 Å². The molecule has 122 valence electrons. The summed E-state index contributed by atoms with van der Waals surface area (Å²) in [6, 6.07) is 4.56. The average molecular weight is 320 g/mol. The van der Waals surface area contributed by atoms with Crippen LogP contribution in [0.25, 0.3) is 0 Å². The standard InChI is InChI=1S/C15H16N2O6/c1-3-5-13(14(18)22-4-2)16-15(19)23-10-11-6-8-12(9-7-11)17(20)21/h1,6-9,13H,4-5,10H2,2H3,(H,16,19). The van der Waals surface area contributed by atoms with Gasteiger partial charge >= 0.3 is 12.1 Å². The summed E-state index contributed by atoms with van der Waals surface area (Å²) < 4.78 is 9.72. The van der Waals surface area contributed by atoms with Crippen LogP contribution in [-0.2, 0) is 20.9 Å². The van der Waals surface area contributed by atoms with Gasteiger partial charge in [-0.05, 0) is 24.6 Å². The van der Waals surface area contributed by atoms with Crippen LogP contribution in [0.5, 0.6) is 0 Å². The maximum absolute atomic E-state index is 11.7. The fourth-order valence-electron chi connectivity index (χ4n) is 1.60. The third kappa shape index (κ3) is 6.05. The first-order chi connectivity index (χ1) is 11.0. The first-order valence-electron chi connectivity index (χ1n) is 6.74. The van der Waals surface area contributed by atoms with Crippen molar-refractivity contribution in [3.63, 3.8) is 0 Å². The molecule has 1 N–H and O–H groups in total. The zero-order valence-corrected chi connectivity index (χ0v) is 12.5. The van der Waals surface area contributed by atoms with E-state index in [0.717, 1.165) is 0 Å². The molecule has 0 radical (unpaired) electrons. The highest BCUT2D eigenvalue weighted by molar-refractivity contribution is 5.81. The van der Waals surface area contributed by atoms with Crippen LogP contribution in [0.2, 0.25) is 0 Å². The molecule has 0 bridgehead atoms. The average Bonchev–Trinajstić information content (AvgIpc) is 2.53. The molecule has 0 saturated carbocycles. The van der Waals surface area contributed by atoms with Crippen molar-refractivity contribution >= 4 is 17.7 Å². The van der Waals surface area contributed by atoms with E-state index in [0.29, 0.717) is 5.56 Å². The molecule has 23 heavy (non-hydrogen) atoms. The van der Waals surface area contributed by atoms with E-state index in [2.05, 4.69) is 11.2 Å². The molecule has 1 rings (SSSR count). The number of rotatable bonds is 7. The molecule has 0 aliphatic rings. The lowest BCUT2D eigenvalue weighted by Crippen LogP contribution is -2.41. The van der Waals surface area contributed by atoms with E-state index in [-0.39, 0.29) is 25.3 Å². The molecule has 8 heteroatoms. The van der Waals surface area contributed by atoms with Crippen molar-refractivity contribution in [3.05, 3.63) is 39.9 Å². The number of hydrogen-bond donors (Lipinski definition) is 1. The SMILES string of the molecule is C#CCC(NC(=O)OCc1ccc([N+](=O)[O-])cc1)C(=O)OCC. The molecule has 1 atom stereocenters. The monoisotopic (exact) mass is 320 g/mol. The topological polar surface area (TPSA) is 108 Å². The Morgan fingerprint density at radius 1 is 1.35 bits per heavy atom. The van der Waals surface area contributed by atoms with Crippen molar-refractivity contribution in [2.24, 2.45) is 0 Å². The van der Waals surface area contributed by atoms with Crippen molar-refractivity contribution < 1.29 is 24.0 Å². The number of non-ortho nitro benzene ring substituents is 1. The van der Waals surface area contributed by atoms with Crippen LogP contribution in [-0.4, -0.2) is 29.6 Å². The smallest absolute Gasteiger partial charge is 0.408 e. The van der Waals surface area contributed by atoms with E-state index in [1.165, 1.54) is 24.3 Å². The summed E-state index contributed by atoms with van der Waals surface area (Å²) in [7, 11) is 0. The van der Waals surface area contributed by atoms with Gasteiger partial charge in [0.15, 0.2) is 0 Å². The minimum atomic E-state index is -0.982. The van der Waals surface area contributed by atoms with E-state index < -0.39 is 23.0 Å². The van der Waals surface area contributed by atoms with Gasteiger partial charge in [-0.3, -0.25) is 10.1 Å². The fraction of sp³-hybridized carbons (Fsp3) is 0.333. The third-order valence-electron chi connectivity index (χ3n) is 2.70. The molecule has 1 amide bonds. The number of nitrogens with zero attached hydrogens (tertiary/aromatic N) is 1. The zero-order chi connectivity index (χ0) is 17.2. The summed E-state index contributed by atoms with van der Waals surface area (Å²) in [5.74, 6) is 1.63. The lowest BCUT2D eigenvalue weighted by Gasteiger charge is -2.14. The molecule has 0 aliphatic carbocycles. The van der Waals surface area contributed by atoms with Gasteiger partial charge in [0.2, 0.25) is 0 Å². The molecule has 0 aliphatic heterocycles. The number of nitro groups is 1. The Bertz CT molecular complexity index is 605. The molecule has 8 nitrogen and oxygen atoms in total. The number of esters is 1. The minimum Gasteiger partial charge on any atom is -0.464 e. The van der Waals surface area contributed by atoms with Gasteiger partial charge in [-0.25, -0.2) is 9.59 Å². The number of ether oxygens (including phenoxy) is 2. The van der Waals surface area contributed by atoms with E-state index in [1.807, 2.05) is 0 Å². The summed E-state index contributed by atoms with van der Waals surface area (Å²) in [6.45, 7) is 1.70. The molecule has 0 heterocycles. The van der Waals surface area contributed by atoms with Gasteiger partial charge in [-0.2, -0.15) is 0 Å². The van der Waals surface area contributed by atoms with E-state index in [9.17, 15) is 19.7 Å². The summed E-state index contributed by atoms with van der Waals surface area (Å²) in [6.07, 6.45) is 4.28. The maximum Gasteiger partial charge on any atom is 0.408 e. The first-order valence-corrected chi connectivity index (χ1v) is 6.74. The van der Waals surface area contributed by atoms with Crippen molar-refractivity contribution in [2.75, 3.05) is 6.61 Å². The zero-order valence-electron chi connectivity index (χ0n) is 12.5. The number of nitrogens with one attached hydrogen (secondary N) is 1. The number of hydrogen-bond acceptors (Lipinski definition) is 6.